The van der Waals surface area contributed by atoms with Crippen molar-refractivity contribution < 1.29 is 14.3 Å². The van der Waals surface area contributed by atoms with Crippen molar-refractivity contribution >= 4 is 45.3 Å². The van der Waals surface area contributed by atoms with E-state index in [4.69, 9.17) is 4.74 Å². The van der Waals surface area contributed by atoms with Gasteiger partial charge in [-0.2, -0.15) is 0 Å². The third-order valence-corrected chi connectivity index (χ3v) is 5.50. The van der Waals surface area contributed by atoms with Gasteiger partial charge in [-0.3, -0.25) is 4.79 Å². The van der Waals surface area contributed by atoms with Crippen LogP contribution in [0.2, 0.25) is 0 Å². The number of hydrogen-bond acceptors (Lipinski definition) is 4. The summed E-state index contributed by atoms with van der Waals surface area (Å²) in [5.41, 5.74) is 0.807. The maximum absolute atomic E-state index is 12.9. The molecule has 0 aromatic heterocycles. The average molecular weight is 420 g/mol. The van der Waals surface area contributed by atoms with Crippen molar-refractivity contribution in [3.8, 4) is 0 Å². The van der Waals surface area contributed by atoms with Crippen molar-refractivity contribution in [2.24, 2.45) is 0 Å². The number of fused-ring (bicyclic) bond motifs is 1. The predicted octanol–water partition coefficient (Wildman–Crippen LogP) is 4.67. The summed E-state index contributed by atoms with van der Waals surface area (Å²) in [6, 6.07) is 13.0. The SMILES string of the molecule is CCSc1ccccc1NC(=O)C1(C)Cc2cc(Br)ccc2C(=O)O1. The summed E-state index contributed by atoms with van der Waals surface area (Å²) in [6.45, 7) is 3.71. The minimum atomic E-state index is -1.24. The van der Waals surface area contributed by atoms with Crippen LogP contribution >= 0.6 is 27.7 Å². The molecular weight excluding hydrogens is 402 g/mol. The van der Waals surface area contributed by atoms with E-state index in [1.54, 1.807) is 30.8 Å². The fourth-order valence-electron chi connectivity index (χ4n) is 2.80. The van der Waals surface area contributed by atoms with Crippen LogP contribution in [-0.4, -0.2) is 23.2 Å². The number of amides is 1. The van der Waals surface area contributed by atoms with Crippen LogP contribution in [0.25, 0.3) is 0 Å². The molecule has 1 aliphatic heterocycles. The first-order valence-electron chi connectivity index (χ1n) is 7.98. The summed E-state index contributed by atoms with van der Waals surface area (Å²) < 4.78 is 6.37. The molecule has 1 amide bonds. The van der Waals surface area contributed by atoms with Gasteiger partial charge in [0.05, 0.1) is 11.3 Å². The van der Waals surface area contributed by atoms with Gasteiger partial charge in [0.15, 0.2) is 5.60 Å². The number of hydrogen-bond donors (Lipinski definition) is 1. The number of para-hydroxylation sites is 1. The zero-order chi connectivity index (χ0) is 18.0. The van der Waals surface area contributed by atoms with Crippen LogP contribution in [0.4, 0.5) is 5.69 Å². The minimum absolute atomic E-state index is 0.323. The summed E-state index contributed by atoms with van der Waals surface area (Å²) in [5.74, 6) is 0.110. The standard InChI is InChI=1S/C19H18BrNO3S/c1-3-25-16-7-5-4-6-15(16)21-18(23)19(2)11-12-10-13(20)8-9-14(12)17(22)24-19/h4-10H,3,11H2,1-2H3,(H,21,23). The van der Waals surface area contributed by atoms with Gasteiger partial charge in [-0.1, -0.05) is 35.0 Å². The number of ether oxygens (including phenoxy) is 1. The first-order chi connectivity index (χ1) is 11.9. The Labute approximate surface area is 159 Å². The predicted molar refractivity (Wildman–Crippen MR) is 103 cm³/mol. The monoisotopic (exact) mass is 419 g/mol. The Hall–Kier alpha value is -1.79. The Morgan fingerprint density at radius 1 is 1.32 bits per heavy atom. The number of halogens is 1. The summed E-state index contributed by atoms with van der Waals surface area (Å²) in [7, 11) is 0. The third-order valence-electron chi connectivity index (χ3n) is 4.05. The fourth-order valence-corrected chi connectivity index (χ4v) is 3.97. The molecule has 0 spiro atoms. The molecule has 3 rings (SSSR count). The van der Waals surface area contributed by atoms with Gasteiger partial charge in [0, 0.05) is 15.8 Å². The highest BCUT2D eigenvalue weighted by Crippen LogP contribution is 2.32. The lowest BCUT2D eigenvalue weighted by Gasteiger charge is -2.33. The van der Waals surface area contributed by atoms with Gasteiger partial charge in [0.25, 0.3) is 5.91 Å². The van der Waals surface area contributed by atoms with Gasteiger partial charge < -0.3 is 10.1 Å². The van der Waals surface area contributed by atoms with Crippen molar-refractivity contribution in [3.05, 3.63) is 58.1 Å². The molecule has 0 aliphatic carbocycles. The van der Waals surface area contributed by atoms with Gasteiger partial charge in [0.2, 0.25) is 0 Å². The van der Waals surface area contributed by atoms with Crippen molar-refractivity contribution in [2.45, 2.75) is 30.8 Å². The normalized spacial score (nSPS) is 19.1. The zero-order valence-corrected chi connectivity index (χ0v) is 16.4. The molecule has 130 valence electrons. The summed E-state index contributed by atoms with van der Waals surface area (Å²) in [4.78, 5) is 26.2. The molecule has 4 nitrogen and oxygen atoms in total. The fraction of sp³-hybridized carbons (Fsp3) is 0.263. The maximum atomic E-state index is 12.9. The second kappa shape index (κ2) is 7.22. The molecule has 0 radical (unpaired) electrons. The molecule has 1 N–H and O–H groups in total. The molecule has 25 heavy (non-hydrogen) atoms. The number of nitrogens with one attached hydrogen (secondary N) is 1. The number of cyclic esters (lactones) is 1. The van der Waals surface area contributed by atoms with Gasteiger partial charge in [-0.25, -0.2) is 4.79 Å². The molecule has 1 aliphatic rings. The Kier molecular flexibility index (Phi) is 5.20. The molecule has 0 saturated carbocycles. The molecule has 1 heterocycles. The highest BCUT2D eigenvalue weighted by Gasteiger charge is 2.42. The van der Waals surface area contributed by atoms with E-state index in [-0.39, 0.29) is 5.91 Å². The van der Waals surface area contributed by atoms with Crippen molar-refractivity contribution in [1.29, 1.82) is 0 Å². The lowest BCUT2D eigenvalue weighted by Crippen LogP contribution is -2.49. The van der Waals surface area contributed by atoms with E-state index in [1.807, 2.05) is 30.3 Å². The van der Waals surface area contributed by atoms with E-state index in [0.29, 0.717) is 12.0 Å². The molecule has 6 heteroatoms. The number of rotatable bonds is 4. The molecule has 0 fully saturated rings. The number of carbonyl (C=O) groups is 2. The van der Waals surface area contributed by atoms with Gasteiger partial charge >= 0.3 is 5.97 Å². The summed E-state index contributed by atoms with van der Waals surface area (Å²) >= 11 is 5.06. The van der Waals surface area contributed by atoms with E-state index in [9.17, 15) is 9.59 Å². The smallest absolute Gasteiger partial charge is 0.339 e. The zero-order valence-electron chi connectivity index (χ0n) is 14.0. The van der Waals surface area contributed by atoms with E-state index in [0.717, 1.165) is 26.4 Å². The van der Waals surface area contributed by atoms with Gasteiger partial charge in [-0.15, -0.1) is 11.8 Å². The number of benzene rings is 2. The Morgan fingerprint density at radius 2 is 2.08 bits per heavy atom. The first-order valence-corrected chi connectivity index (χ1v) is 9.76. The Bertz CT molecular complexity index is 839. The first kappa shape index (κ1) is 18.0. The van der Waals surface area contributed by atoms with Crippen LogP contribution in [0, 0.1) is 0 Å². The Balaban J connectivity index is 1.86. The Morgan fingerprint density at radius 3 is 2.84 bits per heavy atom. The summed E-state index contributed by atoms with van der Waals surface area (Å²) in [5, 5.41) is 2.92. The van der Waals surface area contributed by atoms with E-state index in [1.165, 1.54) is 0 Å². The number of esters is 1. The van der Waals surface area contributed by atoms with E-state index < -0.39 is 11.6 Å². The average Bonchev–Trinajstić information content (AvgIpc) is 2.56. The number of anilines is 1. The van der Waals surface area contributed by atoms with Crippen LogP contribution in [0.15, 0.2) is 51.8 Å². The van der Waals surface area contributed by atoms with Crippen molar-refractivity contribution in [1.82, 2.24) is 0 Å². The summed E-state index contributed by atoms with van der Waals surface area (Å²) in [6.07, 6.45) is 0.336. The largest absolute Gasteiger partial charge is 0.445 e. The van der Waals surface area contributed by atoms with E-state index in [2.05, 4.69) is 28.2 Å². The van der Waals surface area contributed by atoms with E-state index >= 15 is 0 Å². The second-order valence-corrected chi connectivity index (χ2v) is 8.20. The van der Waals surface area contributed by atoms with Crippen molar-refractivity contribution in [3.63, 3.8) is 0 Å². The number of thioether (sulfide) groups is 1. The molecule has 1 atom stereocenters. The van der Waals surface area contributed by atoms with Crippen LogP contribution in [-0.2, 0) is 16.0 Å². The van der Waals surface area contributed by atoms with Gasteiger partial charge in [-0.05, 0) is 48.6 Å². The molecule has 0 bridgehead atoms. The lowest BCUT2D eigenvalue weighted by atomic mass is 9.89. The van der Waals surface area contributed by atoms with Crippen LogP contribution in [0.5, 0.6) is 0 Å². The lowest BCUT2D eigenvalue weighted by molar-refractivity contribution is -0.134. The molecule has 1 unspecified atom stereocenters. The van der Waals surface area contributed by atoms with Crippen LogP contribution < -0.4 is 5.32 Å². The van der Waals surface area contributed by atoms with Crippen molar-refractivity contribution in [2.75, 3.05) is 11.1 Å². The van der Waals surface area contributed by atoms with Gasteiger partial charge in [0.1, 0.15) is 0 Å². The molecular formula is C19H18BrNO3S. The third kappa shape index (κ3) is 3.75. The quantitative estimate of drug-likeness (QED) is 0.577. The number of carbonyl (C=O) groups excluding carboxylic acids is 2. The second-order valence-electron chi connectivity index (χ2n) is 5.98. The highest BCUT2D eigenvalue weighted by molar-refractivity contribution is 9.10. The molecule has 0 saturated heterocycles. The van der Waals surface area contributed by atoms with Crippen LogP contribution in [0.1, 0.15) is 29.8 Å². The minimum Gasteiger partial charge on any atom is -0.445 e. The topological polar surface area (TPSA) is 55.4 Å². The maximum Gasteiger partial charge on any atom is 0.339 e. The highest BCUT2D eigenvalue weighted by atomic mass is 79.9. The molecule has 2 aromatic rings. The molecule has 2 aromatic carbocycles. The van der Waals surface area contributed by atoms with Crippen LogP contribution in [0.3, 0.4) is 0 Å².